The van der Waals surface area contributed by atoms with Crippen LogP contribution in [0.5, 0.6) is 5.75 Å². The quantitative estimate of drug-likeness (QED) is 0.639. The van der Waals surface area contributed by atoms with Crippen LogP contribution in [-0.4, -0.2) is 24.2 Å². The van der Waals surface area contributed by atoms with Gasteiger partial charge in [-0.1, -0.05) is 13.3 Å². The van der Waals surface area contributed by atoms with Crippen LogP contribution in [0.3, 0.4) is 0 Å². The first-order valence-corrected chi connectivity index (χ1v) is 6.67. The third-order valence-corrected chi connectivity index (χ3v) is 2.86. The summed E-state index contributed by atoms with van der Waals surface area (Å²) in [5, 5.41) is 0.978. The molecule has 19 heavy (non-hydrogen) atoms. The number of hydrogen-bond acceptors (Lipinski definition) is 3. The van der Waals surface area contributed by atoms with Crippen molar-refractivity contribution in [2.75, 3.05) is 13.2 Å². The minimum absolute atomic E-state index is 0.327. The Bertz CT molecular complexity index is 560. The second-order valence-corrected chi connectivity index (χ2v) is 4.35. The Hall–Kier alpha value is -1.97. The van der Waals surface area contributed by atoms with Crippen molar-refractivity contribution in [2.24, 2.45) is 0 Å². The van der Waals surface area contributed by atoms with E-state index >= 15 is 0 Å². The monoisotopic (exact) mass is 261 g/mol. The number of fused-ring (bicyclic) bond motifs is 1. The normalized spacial score (nSPS) is 10.6. The number of benzene rings is 1. The lowest BCUT2D eigenvalue weighted by molar-refractivity contribution is 0.0520. The number of rotatable bonds is 6. The fourth-order valence-corrected chi connectivity index (χ4v) is 1.85. The van der Waals surface area contributed by atoms with Crippen LogP contribution in [0.15, 0.2) is 24.3 Å². The molecular weight excluding hydrogens is 242 g/mol. The van der Waals surface area contributed by atoms with Crippen LogP contribution in [0.2, 0.25) is 0 Å². The molecule has 102 valence electrons. The fraction of sp³-hybridized carbons (Fsp3) is 0.400. The molecular formula is C15H19NO3. The van der Waals surface area contributed by atoms with E-state index in [1.807, 2.05) is 18.2 Å². The van der Waals surface area contributed by atoms with E-state index < -0.39 is 0 Å². The molecule has 0 atom stereocenters. The van der Waals surface area contributed by atoms with Crippen molar-refractivity contribution in [2.45, 2.75) is 26.7 Å². The smallest absolute Gasteiger partial charge is 0.354 e. The minimum atomic E-state index is -0.327. The van der Waals surface area contributed by atoms with Crippen LogP contribution in [0.1, 0.15) is 37.2 Å². The topological polar surface area (TPSA) is 51.3 Å². The molecule has 1 N–H and O–H groups in total. The Balaban J connectivity index is 2.16. The fourth-order valence-electron chi connectivity index (χ4n) is 1.85. The molecule has 0 radical (unpaired) electrons. The molecule has 1 heterocycles. The van der Waals surface area contributed by atoms with Gasteiger partial charge in [0.15, 0.2) is 0 Å². The highest BCUT2D eigenvalue weighted by Crippen LogP contribution is 2.22. The number of carbonyl (C=O) groups is 1. The van der Waals surface area contributed by atoms with Gasteiger partial charge in [-0.15, -0.1) is 0 Å². The van der Waals surface area contributed by atoms with Crippen molar-refractivity contribution < 1.29 is 14.3 Å². The van der Waals surface area contributed by atoms with E-state index in [-0.39, 0.29) is 5.97 Å². The predicted octanol–water partition coefficient (Wildman–Crippen LogP) is 3.52. The third kappa shape index (κ3) is 3.28. The largest absolute Gasteiger partial charge is 0.494 e. The van der Waals surface area contributed by atoms with Gasteiger partial charge in [0.25, 0.3) is 0 Å². The Labute approximate surface area is 112 Å². The van der Waals surface area contributed by atoms with Gasteiger partial charge in [0.05, 0.1) is 13.2 Å². The number of aromatic nitrogens is 1. The van der Waals surface area contributed by atoms with E-state index in [1.54, 1.807) is 13.0 Å². The minimum Gasteiger partial charge on any atom is -0.494 e. The highest BCUT2D eigenvalue weighted by molar-refractivity contribution is 5.95. The van der Waals surface area contributed by atoms with Crippen molar-refractivity contribution in [1.29, 1.82) is 0 Å². The van der Waals surface area contributed by atoms with E-state index in [0.717, 1.165) is 29.5 Å². The first kappa shape index (κ1) is 13.5. The number of hydrogen-bond donors (Lipinski definition) is 1. The zero-order valence-corrected chi connectivity index (χ0v) is 11.4. The molecule has 0 aliphatic carbocycles. The molecule has 0 aliphatic rings. The zero-order chi connectivity index (χ0) is 13.7. The number of unbranched alkanes of at least 4 members (excludes halogenated alkanes) is 1. The number of nitrogens with one attached hydrogen (secondary N) is 1. The summed E-state index contributed by atoms with van der Waals surface area (Å²) >= 11 is 0. The Morgan fingerprint density at radius 3 is 2.84 bits per heavy atom. The van der Waals surface area contributed by atoms with Crippen molar-refractivity contribution in [3.05, 3.63) is 30.0 Å². The van der Waals surface area contributed by atoms with E-state index in [4.69, 9.17) is 9.47 Å². The van der Waals surface area contributed by atoms with E-state index in [9.17, 15) is 4.79 Å². The standard InChI is InChI=1S/C15H19NO3/c1-3-5-8-19-12-7-6-11-9-14(15(17)18-4-2)16-13(11)10-12/h6-7,9-10,16H,3-5,8H2,1-2H3. The van der Waals surface area contributed by atoms with Crippen molar-refractivity contribution in [1.82, 2.24) is 4.98 Å². The molecule has 0 amide bonds. The van der Waals surface area contributed by atoms with Gasteiger partial charge >= 0.3 is 5.97 Å². The lowest BCUT2D eigenvalue weighted by atomic mass is 10.2. The van der Waals surface area contributed by atoms with Gasteiger partial charge in [-0.2, -0.15) is 0 Å². The van der Waals surface area contributed by atoms with Crippen LogP contribution >= 0.6 is 0 Å². The van der Waals surface area contributed by atoms with Gasteiger partial charge in [0.2, 0.25) is 0 Å². The lowest BCUT2D eigenvalue weighted by Gasteiger charge is -2.04. The second kappa shape index (κ2) is 6.27. The van der Waals surface area contributed by atoms with Crippen molar-refractivity contribution >= 4 is 16.9 Å². The van der Waals surface area contributed by atoms with Gasteiger partial charge < -0.3 is 14.5 Å². The van der Waals surface area contributed by atoms with Crippen LogP contribution < -0.4 is 4.74 Å². The highest BCUT2D eigenvalue weighted by atomic mass is 16.5. The summed E-state index contributed by atoms with van der Waals surface area (Å²) in [5.74, 6) is 0.491. The molecule has 2 rings (SSSR count). The molecule has 0 bridgehead atoms. The molecule has 0 aliphatic heterocycles. The summed E-state index contributed by atoms with van der Waals surface area (Å²) in [4.78, 5) is 14.7. The number of H-pyrrole nitrogens is 1. The van der Waals surface area contributed by atoms with E-state index in [2.05, 4.69) is 11.9 Å². The van der Waals surface area contributed by atoms with Crippen LogP contribution in [-0.2, 0) is 4.74 Å². The first-order valence-electron chi connectivity index (χ1n) is 6.67. The highest BCUT2D eigenvalue weighted by Gasteiger charge is 2.10. The molecule has 1 aromatic heterocycles. The van der Waals surface area contributed by atoms with E-state index in [0.29, 0.717) is 18.9 Å². The van der Waals surface area contributed by atoms with Crippen LogP contribution in [0.4, 0.5) is 0 Å². The SMILES string of the molecule is CCCCOc1ccc2cc(C(=O)OCC)[nH]c2c1. The number of esters is 1. The number of carbonyl (C=O) groups excluding carboxylic acids is 1. The van der Waals surface area contributed by atoms with E-state index in [1.165, 1.54) is 0 Å². The molecule has 0 saturated carbocycles. The molecule has 4 nitrogen and oxygen atoms in total. The van der Waals surface area contributed by atoms with Gasteiger partial charge in [-0.05, 0) is 31.5 Å². The predicted molar refractivity (Wildman–Crippen MR) is 74.7 cm³/mol. The van der Waals surface area contributed by atoms with Crippen molar-refractivity contribution in [3.63, 3.8) is 0 Å². The summed E-state index contributed by atoms with van der Waals surface area (Å²) in [5.41, 5.74) is 1.36. The van der Waals surface area contributed by atoms with Gasteiger partial charge in [0, 0.05) is 17.0 Å². The molecule has 1 aromatic carbocycles. The maximum absolute atomic E-state index is 11.6. The maximum atomic E-state index is 11.6. The van der Waals surface area contributed by atoms with Crippen LogP contribution in [0, 0.1) is 0 Å². The number of ether oxygens (including phenoxy) is 2. The lowest BCUT2D eigenvalue weighted by Crippen LogP contribution is -2.04. The Kier molecular flexibility index (Phi) is 4.44. The Morgan fingerprint density at radius 1 is 1.26 bits per heavy atom. The zero-order valence-electron chi connectivity index (χ0n) is 11.4. The molecule has 0 saturated heterocycles. The molecule has 4 heteroatoms. The maximum Gasteiger partial charge on any atom is 0.354 e. The Morgan fingerprint density at radius 2 is 2.11 bits per heavy atom. The average molecular weight is 261 g/mol. The van der Waals surface area contributed by atoms with Gasteiger partial charge in [-0.25, -0.2) is 4.79 Å². The number of aromatic amines is 1. The average Bonchev–Trinajstić information content (AvgIpc) is 2.82. The molecule has 0 unspecified atom stereocenters. The third-order valence-electron chi connectivity index (χ3n) is 2.86. The molecule has 0 fully saturated rings. The van der Waals surface area contributed by atoms with Gasteiger partial charge in [-0.3, -0.25) is 0 Å². The summed E-state index contributed by atoms with van der Waals surface area (Å²) in [6.45, 7) is 5.01. The molecule has 0 spiro atoms. The summed E-state index contributed by atoms with van der Waals surface area (Å²) in [6.07, 6.45) is 2.15. The summed E-state index contributed by atoms with van der Waals surface area (Å²) in [7, 11) is 0. The summed E-state index contributed by atoms with van der Waals surface area (Å²) < 4.78 is 10.6. The summed E-state index contributed by atoms with van der Waals surface area (Å²) in [6, 6.07) is 7.56. The van der Waals surface area contributed by atoms with Gasteiger partial charge in [0.1, 0.15) is 11.4 Å². The first-order chi connectivity index (χ1) is 9.24. The van der Waals surface area contributed by atoms with Crippen LogP contribution in [0.25, 0.3) is 10.9 Å². The van der Waals surface area contributed by atoms with Crippen molar-refractivity contribution in [3.8, 4) is 5.75 Å². The molecule has 2 aromatic rings. The second-order valence-electron chi connectivity index (χ2n) is 4.35.